The van der Waals surface area contributed by atoms with Crippen molar-refractivity contribution in [2.24, 2.45) is 0 Å². The molecule has 5 nitrogen and oxygen atoms in total. The summed E-state index contributed by atoms with van der Waals surface area (Å²) in [6.45, 7) is 1.91. The van der Waals surface area contributed by atoms with Crippen molar-refractivity contribution in [1.29, 1.82) is 0 Å². The summed E-state index contributed by atoms with van der Waals surface area (Å²) in [5.74, 6) is 1.19. The van der Waals surface area contributed by atoms with Crippen molar-refractivity contribution in [2.45, 2.75) is 19.8 Å². The molecule has 0 fully saturated rings. The molecule has 0 saturated heterocycles. The number of carbonyl (C=O) groups is 1. The number of halogens is 1. The van der Waals surface area contributed by atoms with E-state index in [1.54, 1.807) is 7.11 Å². The first kappa shape index (κ1) is 18.0. The molecule has 0 aliphatic carbocycles. The topological polar surface area (TPSA) is 67.0 Å². The van der Waals surface area contributed by atoms with Gasteiger partial charge in [-0.15, -0.1) is 0 Å². The highest BCUT2D eigenvalue weighted by atomic mass is 35.5. The fourth-order valence-corrected chi connectivity index (χ4v) is 3.06. The molecular formula is C20H20ClN3O2. The van der Waals surface area contributed by atoms with Gasteiger partial charge < -0.3 is 10.1 Å². The van der Waals surface area contributed by atoms with Crippen LogP contribution in [0.4, 0.5) is 5.82 Å². The summed E-state index contributed by atoms with van der Waals surface area (Å²) >= 11 is 6.09. The molecule has 1 aromatic heterocycles. The third-order valence-corrected chi connectivity index (χ3v) is 4.37. The number of H-pyrrole nitrogens is 1. The summed E-state index contributed by atoms with van der Waals surface area (Å²) in [5.41, 5.74) is 3.62. The Balaban J connectivity index is 1.72. The van der Waals surface area contributed by atoms with Crippen LogP contribution < -0.4 is 10.1 Å². The Morgan fingerprint density at radius 3 is 2.81 bits per heavy atom. The second kappa shape index (κ2) is 8.06. The first-order valence-electron chi connectivity index (χ1n) is 8.31. The van der Waals surface area contributed by atoms with Crippen LogP contribution in [0.15, 0.2) is 48.5 Å². The molecule has 0 spiro atoms. The Kier molecular flexibility index (Phi) is 5.58. The van der Waals surface area contributed by atoms with E-state index >= 15 is 0 Å². The number of methoxy groups -OCH3 is 1. The molecule has 0 radical (unpaired) electrons. The van der Waals surface area contributed by atoms with E-state index in [4.69, 9.17) is 16.3 Å². The molecule has 6 heteroatoms. The fraction of sp³-hybridized carbons (Fsp3) is 0.200. The van der Waals surface area contributed by atoms with Crippen molar-refractivity contribution in [2.75, 3.05) is 12.4 Å². The van der Waals surface area contributed by atoms with Gasteiger partial charge in [0, 0.05) is 22.7 Å². The van der Waals surface area contributed by atoms with Crippen LogP contribution in [0.1, 0.15) is 17.7 Å². The minimum Gasteiger partial charge on any atom is -0.496 e. The number of carbonyl (C=O) groups excluding carboxylic acids is 1. The van der Waals surface area contributed by atoms with Crippen molar-refractivity contribution in [3.63, 3.8) is 0 Å². The Bertz CT molecular complexity index is 921. The number of ether oxygens (including phenoxy) is 1. The number of hydrogen-bond acceptors (Lipinski definition) is 3. The van der Waals surface area contributed by atoms with E-state index in [1.165, 1.54) is 0 Å². The second-order valence-electron chi connectivity index (χ2n) is 5.94. The molecule has 0 saturated carbocycles. The van der Waals surface area contributed by atoms with Gasteiger partial charge in [0.25, 0.3) is 0 Å². The SMILES string of the molecule is COc1ccccc1CCC(=O)Nc1n[nH]c(C)c1-c1cccc(Cl)c1. The molecule has 2 aromatic carbocycles. The zero-order valence-corrected chi connectivity index (χ0v) is 15.4. The number of amides is 1. The number of aryl methyl sites for hydroxylation is 2. The minimum atomic E-state index is -0.106. The average Bonchev–Trinajstić information content (AvgIpc) is 3.00. The molecule has 3 aromatic rings. The van der Waals surface area contributed by atoms with E-state index in [1.807, 2.05) is 55.5 Å². The van der Waals surface area contributed by atoms with Crippen LogP contribution in [-0.2, 0) is 11.2 Å². The molecule has 0 bridgehead atoms. The van der Waals surface area contributed by atoms with Crippen molar-refractivity contribution in [3.8, 4) is 16.9 Å². The maximum absolute atomic E-state index is 12.4. The molecule has 0 aliphatic heterocycles. The van der Waals surface area contributed by atoms with Crippen LogP contribution in [0.5, 0.6) is 5.75 Å². The predicted molar refractivity (Wildman–Crippen MR) is 104 cm³/mol. The number of aromatic nitrogens is 2. The third kappa shape index (κ3) is 4.06. The standard InChI is InChI=1S/C20H20ClN3O2/c1-13-19(15-7-5-8-16(21)12-15)20(24-23-13)22-18(25)11-10-14-6-3-4-9-17(14)26-2/h3-9,12H,10-11H2,1-2H3,(H2,22,23,24,25). The molecule has 1 amide bonds. The van der Waals surface area contributed by atoms with Gasteiger partial charge in [0.15, 0.2) is 5.82 Å². The lowest BCUT2D eigenvalue weighted by Crippen LogP contribution is -2.13. The van der Waals surface area contributed by atoms with Crippen molar-refractivity contribution >= 4 is 23.3 Å². The lowest BCUT2D eigenvalue weighted by atomic mass is 10.1. The second-order valence-corrected chi connectivity index (χ2v) is 6.38. The van der Waals surface area contributed by atoms with Crippen molar-refractivity contribution in [3.05, 3.63) is 64.8 Å². The summed E-state index contributed by atoms with van der Waals surface area (Å²) < 4.78 is 5.33. The predicted octanol–water partition coefficient (Wildman–Crippen LogP) is 4.62. The molecule has 26 heavy (non-hydrogen) atoms. The first-order valence-corrected chi connectivity index (χ1v) is 8.69. The molecule has 0 atom stereocenters. The van der Waals surface area contributed by atoms with E-state index < -0.39 is 0 Å². The summed E-state index contributed by atoms with van der Waals surface area (Å²) in [7, 11) is 1.63. The number of hydrogen-bond donors (Lipinski definition) is 2. The number of anilines is 1. The Hall–Kier alpha value is -2.79. The zero-order chi connectivity index (χ0) is 18.5. The lowest BCUT2D eigenvalue weighted by Gasteiger charge is -2.09. The smallest absolute Gasteiger partial charge is 0.225 e. The highest BCUT2D eigenvalue weighted by Gasteiger charge is 2.15. The van der Waals surface area contributed by atoms with Gasteiger partial charge in [-0.25, -0.2) is 0 Å². The monoisotopic (exact) mass is 369 g/mol. The molecular weight excluding hydrogens is 350 g/mol. The molecule has 0 unspecified atom stereocenters. The Labute approximate surface area is 157 Å². The van der Waals surface area contributed by atoms with Gasteiger partial charge in [-0.05, 0) is 42.7 Å². The number of nitrogens with one attached hydrogen (secondary N) is 2. The zero-order valence-electron chi connectivity index (χ0n) is 14.7. The largest absolute Gasteiger partial charge is 0.496 e. The molecule has 3 rings (SSSR count). The summed E-state index contributed by atoms with van der Waals surface area (Å²) in [6.07, 6.45) is 0.924. The number of para-hydroxylation sites is 1. The van der Waals surface area contributed by atoms with Gasteiger partial charge in [-0.3, -0.25) is 9.89 Å². The van der Waals surface area contributed by atoms with Crippen LogP contribution in [0.3, 0.4) is 0 Å². The molecule has 1 heterocycles. The minimum absolute atomic E-state index is 0.106. The number of aromatic amines is 1. The van der Waals surface area contributed by atoms with Crippen LogP contribution in [0.2, 0.25) is 5.02 Å². The van der Waals surface area contributed by atoms with Crippen LogP contribution in [0.25, 0.3) is 11.1 Å². The summed E-state index contributed by atoms with van der Waals surface area (Å²) in [4.78, 5) is 12.4. The summed E-state index contributed by atoms with van der Waals surface area (Å²) in [6, 6.07) is 15.2. The van der Waals surface area contributed by atoms with E-state index in [2.05, 4.69) is 15.5 Å². The van der Waals surface area contributed by atoms with E-state index in [0.29, 0.717) is 23.7 Å². The van der Waals surface area contributed by atoms with Crippen LogP contribution in [-0.4, -0.2) is 23.2 Å². The first-order chi connectivity index (χ1) is 12.6. The van der Waals surface area contributed by atoms with Crippen molar-refractivity contribution < 1.29 is 9.53 Å². The van der Waals surface area contributed by atoms with Crippen LogP contribution >= 0.6 is 11.6 Å². The van der Waals surface area contributed by atoms with E-state index in [-0.39, 0.29) is 5.91 Å². The third-order valence-electron chi connectivity index (χ3n) is 4.13. The maximum atomic E-state index is 12.4. The average molecular weight is 370 g/mol. The normalized spacial score (nSPS) is 10.6. The highest BCUT2D eigenvalue weighted by molar-refractivity contribution is 6.30. The van der Waals surface area contributed by atoms with Crippen LogP contribution in [0, 0.1) is 6.92 Å². The van der Waals surface area contributed by atoms with Gasteiger partial charge in [-0.2, -0.15) is 5.10 Å². The van der Waals surface area contributed by atoms with Gasteiger partial charge in [0.05, 0.1) is 7.11 Å². The molecule has 0 aliphatic rings. The van der Waals surface area contributed by atoms with Gasteiger partial charge in [-0.1, -0.05) is 41.9 Å². The highest BCUT2D eigenvalue weighted by Crippen LogP contribution is 2.31. The van der Waals surface area contributed by atoms with E-state index in [9.17, 15) is 4.79 Å². The van der Waals surface area contributed by atoms with Gasteiger partial charge >= 0.3 is 0 Å². The Morgan fingerprint density at radius 1 is 1.23 bits per heavy atom. The van der Waals surface area contributed by atoms with Crippen molar-refractivity contribution in [1.82, 2.24) is 10.2 Å². The number of benzene rings is 2. The fourth-order valence-electron chi connectivity index (χ4n) is 2.87. The Morgan fingerprint density at radius 2 is 2.04 bits per heavy atom. The number of nitrogens with zero attached hydrogens (tertiary/aromatic N) is 1. The molecule has 2 N–H and O–H groups in total. The lowest BCUT2D eigenvalue weighted by molar-refractivity contribution is -0.116. The quantitative estimate of drug-likeness (QED) is 0.666. The maximum Gasteiger partial charge on any atom is 0.225 e. The van der Waals surface area contributed by atoms with E-state index in [0.717, 1.165) is 28.1 Å². The number of rotatable bonds is 6. The van der Waals surface area contributed by atoms with Gasteiger partial charge in [0.1, 0.15) is 5.75 Å². The molecule has 134 valence electrons. The van der Waals surface area contributed by atoms with Gasteiger partial charge in [0.2, 0.25) is 5.91 Å². The summed E-state index contributed by atoms with van der Waals surface area (Å²) in [5, 5.41) is 10.7.